The van der Waals surface area contributed by atoms with Crippen molar-refractivity contribution in [1.29, 1.82) is 0 Å². The van der Waals surface area contributed by atoms with Gasteiger partial charge in [-0.3, -0.25) is 0 Å². The highest BCUT2D eigenvalue weighted by atomic mass is 15.3. The van der Waals surface area contributed by atoms with Gasteiger partial charge in [0, 0.05) is 37.6 Å². The van der Waals surface area contributed by atoms with Gasteiger partial charge in [0.15, 0.2) is 0 Å². The van der Waals surface area contributed by atoms with Crippen LogP contribution in [-0.2, 0) is 0 Å². The Morgan fingerprint density at radius 2 is 1.82 bits per heavy atom. The smallest absolute Gasteiger partial charge is 0.225 e. The lowest BCUT2D eigenvalue weighted by Gasteiger charge is -2.37. The molecular weight excluding hydrogens is 212 g/mol. The summed E-state index contributed by atoms with van der Waals surface area (Å²) in [5, 5.41) is 3.76. The monoisotopic (exact) mass is 232 g/mol. The Labute approximate surface area is 102 Å². The lowest BCUT2D eigenvalue weighted by molar-refractivity contribution is 0.283. The molecule has 1 saturated heterocycles. The van der Waals surface area contributed by atoms with Gasteiger partial charge in [0.1, 0.15) is 0 Å². The Morgan fingerprint density at radius 1 is 1.06 bits per heavy atom. The van der Waals surface area contributed by atoms with Gasteiger partial charge in [0.05, 0.1) is 0 Å². The highest BCUT2D eigenvalue weighted by Gasteiger charge is 2.25. The van der Waals surface area contributed by atoms with E-state index in [4.69, 9.17) is 0 Å². The predicted octanol–water partition coefficient (Wildman–Crippen LogP) is 1.59. The van der Waals surface area contributed by atoms with Crippen LogP contribution in [0.2, 0.25) is 0 Å². The van der Waals surface area contributed by atoms with Gasteiger partial charge in [-0.1, -0.05) is 6.42 Å². The first kappa shape index (κ1) is 11.0. The normalized spacial score (nSPS) is 25.6. The molecule has 1 unspecified atom stereocenters. The summed E-state index contributed by atoms with van der Waals surface area (Å²) in [7, 11) is 0. The van der Waals surface area contributed by atoms with E-state index in [0.717, 1.165) is 25.1 Å². The first-order chi connectivity index (χ1) is 8.42. The molecule has 0 bridgehead atoms. The number of piperidine rings is 1. The van der Waals surface area contributed by atoms with Crippen molar-refractivity contribution >= 4 is 5.95 Å². The van der Waals surface area contributed by atoms with Crippen molar-refractivity contribution in [3.8, 4) is 0 Å². The molecule has 1 atom stereocenters. The van der Waals surface area contributed by atoms with Crippen molar-refractivity contribution in [3.63, 3.8) is 0 Å². The molecule has 0 spiro atoms. The number of hydrogen-bond acceptors (Lipinski definition) is 4. The first-order valence-electron chi connectivity index (χ1n) is 6.70. The van der Waals surface area contributed by atoms with E-state index in [1.165, 1.54) is 32.1 Å². The number of aromatic nitrogens is 2. The molecule has 4 heteroatoms. The minimum Gasteiger partial charge on any atom is -0.339 e. The van der Waals surface area contributed by atoms with Crippen molar-refractivity contribution in [1.82, 2.24) is 15.3 Å². The van der Waals surface area contributed by atoms with Gasteiger partial charge < -0.3 is 10.2 Å². The van der Waals surface area contributed by atoms with Gasteiger partial charge in [-0.05, 0) is 31.7 Å². The maximum absolute atomic E-state index is 4.34. The topological polar surface area (TPSA) is 41.1 Å². The van der Waals surface area contributed by atoms with Crippen LogP contribution in [0.4, 0.5) is 5.95 Å². The van der Waals surface area contributed by atoms with Gasteiger partial charge in [0.25, 0.3) is 0 Å². The quantitative estimate of drug-likeness (QED) is 0.859. The summed E-state index contributed by atoms with van der Waals surface area (Å²) in [5.41, 5.74) is 0. The van der Waals surface area contributed by atoms with Crippen LogP contribution >= 0.6 is 0 Å². The average molecular weight is 232 g/mol. The van der Waals surface area contributed by atoms with Crippen LogP contribution in [0.25, 0.3) is 0 Å². The maximum atomic E-state index is 4.34. The molecule has 2 fully saturated rings. The Bertz CT molecular complexity index is 350. The molecule has 92 valence electrons. The molecular formula is C13H20N4. The summed E-state index contributed by atoms with van der Waals surface area (Å²) in [6.45, 7) is 2.15. The second-order valence-corrected chi connectivity index (χ2v) is 5.13. The van der Waals surface area contributed by atoms with Crippen molar-refractivity contribution in [3.05, 3.63) is 18.5 Å². The van der Waals surface area contributed by atoms with E-state index in [0.29, 0.717) is 6.04 Å². The zero-order chi connectivity index (χ0) is 11.5. The van der Waals surface area contributed by atoms with Crippen molar-refractivity contribution in [2.75, 3.05) is 18.0 Å². The highest BCUT2D eigenvalue weighted by molar-refractivity contribution is 5.29. The van der Waals surface area contributed by atoms with Crippen LogP contribution in [0, 0.1) is 0 Å². The lowest BCUT2D eigenvalue weighted by atomic mass is 9.91. The number of nitrogens with zero attached hydrogens (tertiary/aromatic N) is 3. The zero-order valence-corrected chi connectivity index (χ0v) is 10.2. The van der Waals surface area contributed by atoms with Crippen LogP contribution < -0.4 is 10.2 Å². The second kappa shape index (κ2) is 5.00. The van der Waals surface area contributed by atoms with E-state index in [2.05, 4.69) is 20.2 Å². The summed E-state index contributed by atoms with van der Waals surface area (Å²) in [6, 6.07) is 3.27. The van der Waals surface area contributed by atoms with E-state index in [-0.39, 0.29) is 0 Å². The minimum absolute atomic E-state index is 0.623. The van der Waals surface area contributed by atoms with Gasteiger partial charge in [-0.25, -0.2) is 9.97 Å². The molecule has 2 aliphatic rings. The molecule has 1 N–H and O–H groups in total. The van der Waals surface area contributed by atoms with Crippen LogP contribution in [-0.4, -0.2) is 35.1 Å². The largest absolute Gasteiger partial charge is 0.339 e. The van der Waals surface area contributed by atoms with Crippen molar-refractivity contribution in [2.24, 2.45) is 0 Å². The number of nitrogens with one attached hydrogen (secondary N) is 1. The molecule has 0 amide bonds. The van der Waals surface area contributed by atoms with Gasteiger partial charge in [0.2, 0.25) is 5.95 Å². The molecule has 1 aromatic rings. The Hall–Kier alpha value is -1.16. The summed E-state index contributed by atoms with van der Waals surface area (Å²) >= 11 is 0. The van der Waals surface area contributed by atoms with E-state index in [1.807, 2.05) is 18.5 Å². The summed E-state index contributed by atoms with van der Waals surface area (Å²) in [6.07, 6.45) is 10.3. The summed E-state index contributed by atoms with van der Waals surface area (Å²) < 4.78 is 0. The maximum Gasteiger partial charge on any atom is 0.225 e. The molecule has 2 heterocycles. The minimum atomic E-state index is 0.623. The SMILES string of the molecule is c1cnc(N2CCCC(NC3CCC3)C2)nc1. The lowest BCUT2D eigenvalue weighted by Crippen LogP contribution is -2.51. The third-order valence-corrected chi connectivity index (χ3v) is 3.83. The third kappa shape index (κ3) is 2.57. The Balaban J connectivity index is 1.59. The molecule has 17 heavy (non-hydrogen) atoms. The fraction of sp³-hybridized carbons (Fsp3) is 0.692. The predicted molar refractivity (Wildman–Crippen MR) is 68.0 cm³/mol. The zero-order valence-electron chi connectivity index (χ0n) is 10.2. The fourth-order valence-electron chi connectivity index (χ4n) is 2.66. The summed E-state index contributed by atoms with van der Waals surface area (Å²) in [4.78, 5) is 11.0. The third-order valence-electron chi connectivity index (χ3n) is 3.83. The van der Waals surface area contributed by atoms with Gasteiger partial charge >= 0.3 is 0 Å². The van der Waals surface area contributed by atoms with Crippen LogP contribution in [0.3, 0.4) is 0 Å². The highest BCUT2D eigenvalue weighted by Crippen LogP contribution is 2.21. The molecule has 0 radical (unpaired) electrons. The van der Waals surface area contributed by atoms with Crippen LogP contribution in [0.5, 0.6) is 0 Å². The molecule has 1 aliphatic heterocycles. The van der Waals surface area contributed by atoms with Crippen molar-refractivity contribution < 1.29 is 0 Å². The molecule has 1 aromatic heterocycles. The molecule has 0 aromatic carbocycles. The van der Waals surface area contributed by atoms with E-state index < -0.39 is 0 Å². The Kier molecular flexibility index (Phi) is 3.22. The number of hydrogen-bond donors (Lipinski definition) is 1. The molecule has 3 rings (SSSR count). The van der Waals surface area contributed by atoms with E-state index in [9.17, 15) is 0 Å². The first-order valence-corrected chi connectivity index (χ1v) is 6.70. The summed E-state index contributed by atoms with van der Waals surface area (Å²) in [5.74, 6) is 0.882. The molecule has 1 aliphatic carbocycles. The molecule has 1 saturated carbocycles. The van der Waals surface area contributed by atoms with Gasteiger partial charge in [-0.2, -0.15) is 0 Å². The van der Waals surface area contributed by atoms with Crippen LogP contribution in [0.15, 0.2) is 18.5 Å². The fourth-order valence-corrected chi connectivity index (χ4v) is 2.66. The van der Waals surface area contributed by atoms with Crippen LogP contribution in [0.1, 0.15) is 32.1 Å². The van der Waals surface area contributed by atoms with Gasteiger partial charge in [-0.15, -0.1) is 0 Å². The standard InChI is InChI=1S/C13H20N4/c1-4-11(5-1)16-12-6-2-9-17(10-12)13-14-7-3-8-15-13/h3,7-8,11-12,16H,1-2,4-6,9-10H2. The number of rotatable bonds is 3. The van der Waals surface area contributed by atoms with E-state index >= 15 is 0 Å². The second-order valence-electron chi connectivity index (χ2n) is 5.13. The van der Waals surface area contributed by atoms with E-state index in [1.54, 1.807) is 0 Å². The average Bonchev–Trinajstić information content (AvgIpc) is 2.35. The number of anilines is 1. The van der Waals surface area contributed by atoms with Crippen molar-refractivity contribution in [2.45, 2.75) is 44.2 Å². The molecule has 4 nitrogen and oxygen atoms in total. The Morgan fingerprint density at radius 3 is 2.53 bits per heavy atom.